The smallest absolute Gasteiger partial charge is 0.332 e. The van der Waals surface area contributed by atoms with Crippen molar-refractivity contribution in [3.8, 4) is 11.4 Å². The predicted octanol–water partition coefficient (Wildman–Crippen LogP) is 6.18. The van der Waals surface area contributed by atoms with Crippen molar-refractivity contribution in [1.29, 1.82) is 0 Å². The summed E-state index contributed by atoms with van der Waals surface area (Å²) in [7, 11) is 1.64. The maximum absolute atomic E-state index is 14.4. The molecule has 2 saturated carbocycles. The Hall–Kier alpha value is -3.78. The average molecular weight is 957 g/mol. The number of ether oxygens (including phenoxy) is 10. The third-order valence-corrected chi connectivity index (χ3v) is 12.1. The minimum atomic E-state index is -0.471. The molecule has 0 aliphatic heterocycles. The van der Waals surface area contributed by atoms with E-state index in [0.717, 1.165) is 49.7 Å². The van der Waals surface area contributed by atoms with Gasteiger partial charge in [-0.25, -0.2) is 14.6 Å². The van der Waals surface area contributed by atoms with E-state index in [1.54, 1.807) is 13.2 Å². The van der Waals surface area contributed by atoms with Crippen LogP contribution in [0.3, 0.4) is 0 Å². The van der Waals surface area contributed by atoms with Crippen LogP contribution in [0.5, 0.6) is 0 Å². The van der Waals surface area contributed by atoms with Crippen LogP contribution in [0.1, 0.15) is 83.6 Å². The highest BCUT2D eigenvalue weighted by Gasteiger charge is 2.26. The zero-order valence-corrected chi connectivity index (χ0v) is 41.2. The summed E-state index contributed by atoms with van der Waals surface area (Å²) in [4.78, 5) is 46.2. The van der Waals surface area contributed by atoms with Gasteiger partial charge in [0.1, 0.15) is 12.4 Å². The summed E-state index contributed by atoms with van der Waals surface area (Å²) < 4.78 is 59.4. The van der Waals surface area contributed by atoms with Crippen LogP contribution in [0.4, 0.5) is 0 Å². The summed E-state index contributed by atoms with van der Waals surface area (Å²) in [5.74, 6) is 1.16. The Morgan fingerprint density at radius 2 is 1.01 bits per heavy atom. The van der Waals surface area contributed by atoms with Crippen LogP contribution in [-0.2, 0) is 71.8 Å². The number of rotatable bonds is 36. The molecule has 2 heterocycles. The number of fused-ring (bicyclic) bond motifs is 1. The van der Waals surface area contributed by atoms with Gasteiger partial charge in [-0.1, -0.05) is 76.6 Å². The molecule has 0 N–H and O–H groups in total. The first-order valence-corrected chi connectivity index (χ1v) is 25.2. The molecule has 2 aromatic heterocycles. The number of carbonyl (C=O) groups is 1. The topological polar surface area (TPSA) is 171 Å². The lowest BCUT2D eigenvalue weighted by atomic mass is 9.89. The lowest BCUT2D eigenvalue weighted by Gasteiger charge is -2.25. The number of aromatic nitrogens is 4. The van der Waals surface area contributed by atoms with E-state index in [1.807, 2.05) is 33.4 Å². The Kier molecular flexibility index (Phi) is 26.7. The summed E-state index contributed by atoms with van der Waals surface area (Å²) in [6, 6.07) is 7.73. The molecule has 0 spiro atoms. The van der Waals surface area contributed by atoms with Crippen LogP contribution in [0, 0.1) is 17.8 Å². The number of imidazole rings is 1. The van der Waals surface area contributed by atoms with Gasteiger partial charge in [0.05, 0.1) is 112 Å². The van der Waals surface area contributed by atoms with Gasteiger partial charge in [-0.05, 0) is 55.1 Å². The lowest BCUT2D eigenvalue weighted by molar-refractivity contribution is -0.139. The number of carbonyl (C=O) groups excluding carboxylic acids is 1. The van der Waals surface area contributed by atoms with E-state index in [0.29, 0.717) is 154 Å². The minimum absolute atomic E-state index is 0.118. The van der Waals surface area contributed by atoms with Crippen LogP contribution in [0.25, 0.3) is 28.6 Å². The first-order valence-electron chi connectivity index (χ1n) is 25.2. The van der Waals surface area contributed by atoms with Crippen LogP contribution in [0.2, 0.25) is 0 Å². The Labute approximate surface area is 402 Å². The van der Waals surface area contributed by atoms with Gasteiger partial charge in [0.2, 0.25) is 0 Å². The quantitative estimate of drug-likeness (QED) is 0.0368. The summed E-state index contributed by atoms with van der Waals surface area (Å²) in [6.07, 6.45) is 14.4. The second-order valence-electron chi connectivity index (χ2n) is 17.9. The van der Waals surface area contributed by atoms with Crippen LogP contribution in [0.15, 0.2) is 39.9 Å². The summed E-state index contributed by atoms with van der Waals surface area (Å²) in [6.45, 7) is 14.0. The third kappa shape index (κ3) is 19.9. The van der Waals surface area contributed by atoms with Crippen molar-refractivity contribution >= 4 is 23.2 Å². The highest BCUT2D eigenvalue weighted by atomic mass is 16.6. The zero-order chi connectivity index (χ0) is 48.0. The molecule has 0 amide bonds. The number of hydrogen-bond acceptors (Lipinski definition) is 14. The van der Waals surface area contributed by atoms with Gasteiger partial charge in [-0.3, -0.25) is 13.9 Å². The van der Waals surface area contributed by atoms with Crippen LogP contribution in [-0.4, -0.2) is 151 Å². The maximum Gasteiger partial charge on any atom is 0.332 e. The van der Waals surface area contributed by atoms with Crippen molar-refractivity contribution < 1.29 is 52.2 Å². The molecule has 3 aromatic rings. The largest absolute Gasteiger partial charge is 0.460 e. The molecular formula is C51H80N4O13. The van der Waals surface area contributed by atoms with Gasteiger partial charge in [-0.15, -0.1) is 0 Å². The fourth-order valence-corrected chi connectivity index (χ4v) is 8.58. The second kappa shape index (κ2) is 32.9. The van der Waals surface area contributed by atoms with Crippen molar-refractivity contribution in [2.45, 2.75) is 97.7 Å². The lowest BCUT2D eigenvalue weighted by Crippen LogP contribution is -2.43. The fraction of sp³-hybridized carbons (Fsp3) is 0.725. The Balaban J connectivity index is 0.953. The molecule has 0 unspecified atom stereocenters. The first kappa shape index (κ1) is 55.2. The van der Waals surface area contributed by atoms with Gasteiger partial charge < -0.3 is 51.9 Å². The number of benzene rings is 1. The normalized spacial score (nSPS) is 15.1. The molecule has 2 fully saturated rings. The molecule has 0 radical (unpaired) electrons. The highest BCUT2D eigenvalue weighted by Crippen LogP contribution is 2.29. The Morgan fingerprint density at radius 3 is 1.46 bits per heavy atom. The van der Waals surface area contributed by atoms with Gasteiger partial charge in [0, 0.05) is 38.4 Å². The highest BCUT2D eigenvalue weighted by molar-refractivity contribution is 5.87. The van der Waals surface area contributed by atoms with Gasteiger partial charge in [0.25, 0.3) is 5.56 Å². The number of esters is 1. The van der Waals surface area contributed by atoms with Crippen molar-refractivity contribution in [1.82, 2.24) is 18.7 Å². The minimum Gasteiger partial charge on any atom is -0.460 e. The summed E-state index contributed by atoms with van der Waals surface area (Å²) in [5.41, 5.74) is 2.18. The van der Waals surface area contributed by atoms with Crippen LogP contribution >= 0.6 is 0 Å². The van der Waals surface area contributed by atoms with Gasteiger partial charge >= 0.3 is 11.7 Å². The summed E-state index contributed by atoms with van der Waals surface area (Å²) >= 11 is 0. The van der Waals surface area contributed by atoms with Crippen molar-refractivity contribution in [3.63, 3.8) is 0 Å². The van der Waals surface area contributed by atoms with E-state index in [1.165, 1.54) is 36.3 Å². The van der Waals surface area contributed by atoms with Crippen LogP contribution < -0.4 is 11.2 Å². The predicted molar refractivity (Wildman–Crippen MR) is 260 cm³/mol. The first-order chi connectivity index (χ1) is 33.4. The molecule has 17 heteroatoms. The monoisotopic (exact) mass is 957 g/mol. The molecule has 2 aliphatic carbocycles. The zero-order valence-electron chi connectivity index (χ0n) is 41.2. The number of nitrogens with zero attached hydrogens (tertiary/aromatic N) is 4. The molecule has 5 rings (SSSR count). The number of methoxy groups -OCH3 is 1. The van der Waals surface area contributed by atoms with Crippen molar-refractivity contribution in [3.05, 3.63) is 56.7 Å². The molecular weight excluding hydrogens is 877 g/mol. The number of hydrogen-bond donors (Lipinski definition) is 0. The Morgan fingerprint density at radius 1 is 0.588 bits per heavy atom. The molecule has 2 aliphatic rings. The van der Waals surface area contributed by atoms with E-state index < -0.39 is 5.97 Å². The van der Waals surface area contributed by atoms with E-state index in [-0.39, 0.29) is 30.4 Å². The molecule has 382 valence electrons. The van der Waals surface area contributed by atoms with E-state index in [4.69, 9.17) is 52.4 Å². The van der Waals surface area contributed by atoms with Gasteiger partial charge in [0.15, 0.2) is 11.2 Å². The van der Waals surface area contributed by atoms with E-state index in [2.05, 4.69) is 13.8 Å². The molecule has 1 aromatic carbocycles. The molecule has 68 heavy (non-hydrogen) atoms. The molecule has 0 atom stereocenters. The van der Waals surface area contributed by atoms with E-state index >= 15 is 0 Å². The second-order valence-corrected chi connectivity index (χ2v) is 17.9. The third-order valence-electron chi connectivity index (χ3n) is 12.1. The van der Waals surface area contributed by atoms with Crippen molar-refractivity contribution in [2.75, 3.05) is 126 Å². The standard InChI is InChI=1S/C51H80N4O13/c1-41(2)38-53-47-49(54(39-43-10-6-4-7-11-43)51(58)55(50(47)57)40-44-12-8-5-9-13-44)52-48(53)45-17-14-42(15-18-45)16-19-46(56)68-37-36-67-35-34-66-33-32-65-31-30-64-29-28-63-27-26-62-25-24-61-23-22-60-21-20-59-3/h14-19,41,43-44H,4-13,20-40H2,1-3H3/b19-16+. The average Bonchev–Trinajstić information content (AvgIpc) is 3.72. The van der Waals surface area contributed by atoms with E-state index in [9.17, 15) is 14.4 Å². The molecule has 0 saturated heterocycles. The van der Waals surface area contributed by atoms with Gasteiger partial charge in [-0.2, -0.15) is 0 Å². The maximum atomic E-state index is 14.4. The SMILES string of the molecule is COCCOCCOCCOCCOCCOCCOCCOCCOCCOC(=O)/C=C/c1ccc(-c2nc3c(c(=O)n(CC4CCCCC4)c(=O)n3CC3CCCCC3)n2CC(C)C)cc1. The van der Waals surface area contributed by atoms with Crippen molar-refractivity contribution in [2.24, 2.45) is 17.8 Å². The summed E-state index contributed by atoms with van der Waals surface area (Å²) in [5, 5.41) is 0. The Bertz CT molecular complexity index is 1980. The molecule has 0 bridgehead atoms. The molecule has 17 nitrogen and oxygen atoms in total. The fourth-order valence-electron chi connectivity index (χ4n) is 8.58.